The predicted octanol–water partition coefficient (Wildman–Crippen LogP) is 3.60. The van der Waals surface area contributed by atoms with Crippen LogP contribution in [0.1, 0.15) is 12.5 Å². The molecule has 0 unspecified atom stereocenters. The van der Waals surface area contributed by atoms with Crippen LogP contribution in [0.3, 0.4) is 0 Å². The lowest BCUT2D eigenvalue weighted by Crippen LogP contribution is -2.08. The van der Waals surface area contributed by atoms with Gasteiger partial charge in [0.25, 0.3) is 5.97 Å². The Morgan fingerprint density at radius 2 is 1.75 bits per heavy atom. The molecule has 0 aliphatic heterocycles. The molecule has 146 valence electrons. The summed E-state index contributed by atoms with van der Waals surface area (Å²) in [4.78, 5) is 15.5. The van der Waals surface area contributed by atoms with Crippen LogP contribution in [0.15, 0.2) is 66.0 Å². The Morgan fingerprint density at radius 1 is 1.14 bits per heavy atom. The molecule has 0 saturated heterocycles. The van der Waals surface area contributed by atoms with Crippen LogP contribution in [-0.4, -0.2) is 48.2 Å². The second kappa shape index (κ2) is 9.91. The summed E-state index contributed by atoms with van der Waals surface area (Å²) in [6.07, 6.45) is 5.41. The Balaban J connectivity index is 0.000000640. The van der Waals surface area contributed by atoms with E-state index in [-0.39, 0.29) is 0 Å². The van der Waals surface area contributed by atoms with E-state index >= 15 is 0 Å². The van der Waals surface area contributed by atoms with Gasteiger partial charge in [-0.05, 0) is 42.0 Å². The highest BCUT2D eigenvalue weighted by molar-refractivity contribution is 5.80. The van der Waals surface area contributed by atoms with E-state index in [1.54, 1.807) is 18.0 Å². The Labute approximate surface area is 164 Å². The van der Waals surface area contributed by atoms with Crippen molar-refractivity contribution in [2.24, 2.45) is 5.10 Å². The van der Waals surface area contributed by atoms with Gasteiger partial charge in [-0.1, -0.05) is 12.1 Å². The number of nitrogens with zero attached hydrogens (tertiary/aromatic N) is 4. The van der Waals surface area contributed by atoms with Crippen molar-refractivity contribution < 1.29 is 14.6 Å². The summed E-state index contributed by atoms with van der Waals surface area (Å²) in [6, 6.07) is 16.0. The summed E-state index contributed by atoms with van der Waals surface area (Å²) in [7, 11) is 5.70. The number of rotatable bonds is 5. The first kappa shape index (κ1) is 20.7. The molecule has 1 N–H and O–H groups in total. The van der Waals surface area contributed by atoms with Crippen LogP contribution in [0.2, 0.25) is 0 Å². The fraction of sp³-hybridized carbons (Fsp3) is 0.190. The van der Waals surface area contributed by atoms with E-state index in [9.17, 15) is 0 Å². The van der Waals surface area contributed by atoms with Crippen molar-refractivity contribution >= 4 is 17.9 Å². The van der Waals surface area contributed by atoms with Crippen LogP contribution in [0, 0.1) is 0 Å². The van der Waals surface area contributed by atoms with Gasteiger partial charge < -0.3 is 14.7 Å². The number of imidazole rings is 1. The molecule has 3 aromatic rings. The van der Waals surface area contributed by atoms with Crippen molar-refractivity contribution in [3.63, 3.8) is 0 Å². The van der Waals surface area contributed by atoms with Gasteiger partial charge >= 0.3 is 0 Å². The summed E-state index contributed by atoms with van der Waals surface area (Å²) >= 11 is 0. The van der Waals surface area contributed by atoms with Crippen molar-refractivity contribution in [2.75, 3.05) is 26.1 Å². The van der Waals surface area contributed by atoms with Crippen LogP contribution in [0.5, 0.6) is 5.75 Å². The van der Waals surface area contributed by atoms with Crippen molar-refractivity contribution in [3.8, 4) is 17.1 Å². The average molecular weight is 380 g/mol. The number of hydrogen-bond donors (Lipinski definition) is 1. The maximum absolute atomic E-state index is 9.00. The number of aromatic nitrogens is 2. The summed E-state index contributed by atoms with van der Waals surface area (Å²) in [6.45, 7) is 1.08. The molecule has 0 saturated carbocycles. The van der Waals surface area contributed by atoms with Gasteiger partial charge in [0.15, 0.2) is 5.82 Å². The fourth-order valence-corrected chi connectivity index (χ4v) is 2.32. The van der Waals surface area contributed by atoms with Crippen LogP contribution in [0.25, 0.3) is 11.4 Å². The van der Waals surface area contributed by atoms with Gasteiger partial charge in [-0.25, -0.2) is 9.66 Å². The second-order valence-electron chi connectivity index (χ2n) is 6.07. The topological polar surface area (TPSA) is 79.9 Å². The monoisotopic (exact) mass is 380 g/mol. The zero-order valence-electron chi connectivity index (χ0n) is 16.4. The van der Waals surface area contributed by atoms with Crippen molar-refractivity contribution in [2.45, 2.75) is 6.92 Å². The zero-order chi connectivity index (χ0) is 20.5. The van der Waals surface area contributed by atoms with Crippen LogP contribution >= 0.6 is 0 Å². The van der Waals surface area contributed by atoms with Crippen molar-refractivity contribution in [1.29, 1.82) is 0 Å². The van der Waals surface area contributed by atoms with Gasteiger partial charge in [-0.2, -0.15) is 5.10 Å². The maximum atomic E-state index is 9.00. The first-order chi connectivity index (χ1) is 13.4. The Morgan fingerprint density at radius 3 is 2.29 bits per heavy atom. The standard InChI is InChI=1S/C19H20N4O.C2H4O2/c1-22(2)17-8-4-15(5-9-17)14-21-23-13-12-20-19(23)16-6-10-18(24-3)11-7-16;1-2(3)4/h4-14H,1-3H3;1H3,(H,3,4)/b21-14+;. The average Bonchev–Trinajstić information content (AvgIpc) is 3.15. The Hall–Kier alpha value is -3.61. The molecule has 0 aliphatic rings. The molecule has 2 aromatic carbocycles. The lowest BCUT2D eigenvalue weighted by Gasteiger charge is -2.11. The molecular formula is C21H24N4O3. The molecule has 0 amide bonds. The third kappa shape index (κ3) is 5.98. The molecular weight excluding hydrogens is 356 g/mol. The third-order valence-electron chi connectivity index (χ3n) is 3.71. The first-order valence-electron chi connectivity index (χ1n) is 8.59. The smallest absolute Gasteiger partial charge is 0.300 e. The van der Waals surface area contributed by atoms with E-state index in [4.69, 9.17) is 14.6 Å². The largest absolute Gasteiger partial charge is 0.497 e. The lowest BCUT2D eigenvalue weighted by atomic mass is 10.2. The summed E-state index contributed by atoms with van der Waals surface area (Å²) in [5.74, 6) is 0.778. The molecule has 3 rings (SSSR count). The van der Waals surface area contributed by atoms with Gasteiger partial charge in [0.1, 0.15) is 5.75 Å². The highest BCUT2D eigenvalue weighted by atomic mass is 16.5. The van der Waals surface area contributed by atoms with E-state index in [0.29, 0.717) is 0 Å². The first-order valence-corrected chi connectivity index (χ1v) is 8.59. The number of carboxylic acids is 1. The van der Waals surface area contributed by atoms with E-state index < -0.39 is 5.97 Å². The Kier molecular flexibility index (Phi) is 7.33. The Bertz CT molecular complexity index is 910. The number of carboxylic acid groups (broad SMARTS) is 1. The third-order valence-corrected chi connectivity index (χ3v) is 3.71. The molecule has 7 nitrogen and oxygen atoms in total. The molecule has 1 aromatic heterocycles. The maximum Gasteiger partial charge on any atom is 0.300 e. The minimum atomic E-state index is -0.833. The summed E-state index contributed by atoms with van der Waals surface area (Å²) in [5.41, 5.74) is 3.18. The molecule has 0 spiro atoms. The molecule has 0 fully saturated rings. The minimum Gasteiger partial charge on any atom is -0.497 e. The predicted molar refractivity (Wildman–Crippen MR) is 111 cm³/mol. The minimum absolute atomic E-state index is 0.791. The van der Waals surface area contributed by atoms with Crippen LogP contribution in [0.4, 0.5) is 5.69 Å². The highest BCUT2D eigenvalue weighted by Gasteiger charge is 2.05. The number of aliphatic carboxylic acids is 1. The summed E-state index contributed by atoms with van der Waals surface area (Å²) < 4.78 is 6.95. The van der Waals surface area contributed by atoms with E-state index in [2.05, 4.69) is 27.1 Å². The normalized spacial score (nSPS) is 10.3. The van der Waals surface area contributed by atoms with Crippen molar-refractivity contribution in [1.82, 2.24) is 9.66 Å². The number of ether oxygens (including phenoxy) is 1. The van der Waals surface area contributed by atoms with Crippen LogP contribution in [-0.2, 0) is 4.79 Å². The molecule has 28 heavy (non-hydrogen) atoms. The SMILES string of the molecule is CC(=O)O.COc1ccc(-c2nccn2/N=C/c2ccc(N(C)C)cc2)cc1. The number of anilines is 1. The van der Waals surface area contributed by atoms with E-state index in [1.165, 1.54) is 0 Å². The number of hydrogen-bond acceptors (Lipinski definition) is 5. The molecule has 7 heteroatoms. The highest BCUT2D eigenvalue weighted by Crippen LogP contribution is 2.21. The van der Waals surface area contributed by atoms with Gasteiger partial charge in [0, 0.05) is 44.7 Å². The van der Waals surface area contributed by atoms with Gasteiger partial charge in [0.2, 0.25) is 0 Å². The van der Waals surface area contributed by atoms with Gasteiger partial charge in [0.05, 0.1) is 13.3 Å². The van der Waals surface area contributed by atoms with Crippen molar-refractivity contribution in [3.05, 3.63) is 66.5 Å². The van der Waals surface area contributed by atoms with E-state index in [0.717, 1.165) is 35.3 Å². The molecule has 0 bridgehead atoms. The molecule has 0 atom stereocenters. The van der Waals surface area contributed by atoms with Gasteiger partial charge in [-0.3, -0.25) is 4.79 Å². The fourth-order valence-electron chi connectivity index (χ4n) is 2.32. The molecule has 1 heterocycles. The molecule has 0 radical (unpaired) electrons. The van der Waals surface area contributed by atoms with Gasteiger partial charge in [-0.15, -0.1) is 0 Å². The second-order valence-corrected chi connectivity index (χ2v) is 6.07. The van der Waals surface area contributed by atoms with E-state index in [1.807, 2.05) is 62.9 Å². The number of carbonyl (C=O) groups is 1. The number of benzene rings is 2. The number of methoxy groups -OCH3 is 1. The summed E-state index contributed by atoms with van der Waals surface area (Å²) in [5, 5.41) is 11.9. The lowest BCUT2D eigenvalue weighted by molar-refractivity contribution is -0.134. The quantitative estimate of drug-likeness (QED) is 0.684. The van der Waals surface area contributed by atoms with Crippen LogP contribution < -0.4 is 9.64 Å². The molecule has 0 aliphatic carbocycles. The zero-order valence-corrected chi connectivity index (χ0v) is 16.4.